The Morgan fingerprint density at radius 2 is 1.64 bits per heavy atom. The van der Waals surface area contributed by atoms with Crippen LogP contribution in [0.3, 0.4) is 0 Å². The molecule has 2 rings (SSSR count). The molecule has 1 heterocycles. The van der Waals surface area contributed by atoms with Crippen molar-refractivity contribution in [2.45, 2.75) is 25.7 Å². The van der Waals surface area contributed by atoms with Crippen LogP contribution < -0.4 is 10.6 Å². The zero-order chi connectivity index (χ0) is 15.1. The lowest BCUT2D eigenvalue weighted by molar-refractivity contribution is -0.115. The van der Waals surface area contributed by atoms with Crippen LogP contribution in [0.2, 0.25) is 0 Å². The van der Waals surface area contributed by atoms with E-state index >= 15 is 0 Å². The molecule has 1 aromatic carbocycles. The van der Waals surface area contributed by atoms with Crippen molar-refractivity contribution >= 4 is 29.9 Å². The van der Waals surface area contributed by atoms with Gasteiger partial charge in [-0.3, -0.25) is 9.59 Å². The minimum Gasteiger partial charge on any atom is -0.339 e. The monoisotopic (exact) mass is 325 g/mol. The van der Waals surface area contributed by atoms with Crippen molar-refractivity contribution in [3.63, 3.8) is 0 Å². The minimum atomic E-state index is -0.0934. The average molecular weight is 326 g/mol. The van der Waals surface area contributed by atoms with Crippen molar-refractivity contribution in [3.8, 4) is 0 Å². The highest BCUT2D eigenvalue weighted by Gasteiger charge is 2.17. The third kappa shape index (κ3) is 5.31. The van der Waals surface area contributed by atoms with Gasteiger partial charge in [0, 0.05) is 24.3 Å². The number of anilines is 1. The summed E-state index contributed by atoms with van der Waals surface area (Å²) in [6.07, 6.45) is 4.59. The molecule has 0 unspecified atom stereocenters. The van der Waals surface area contributed by atoms with E-state index in [1.165, 1.54) is 12.8 Å². The van der Waals surface area contributed by atoms with Crippen LogP contribution in [0.4, 0.5) is 5.69 Å². The number of hydrogen-bond donors (Lipinski definition) is 2. The van der Waals surface area contributed by atoms with Gasteiger partial charge in [0.05, 0.1) is 6.54 Å². The molecular formula is C16H24ClN3O2. The van der Waals surface area contributed by atoms with E-state index in [1.807, 2.05) is 4.90 Å². The van der Waals surface area contributed by atoms with E-state index < -0.39 is 0 Å². The molecule has 0 atom stereocenters. The van der Waals surface area contributed by atoms with Crippen molar-refractivity contribution in [1.82, 2.24) is 10.2 Å². The Labute approximate surface area is 137 Å². The van der Waals surface area contributed by atoms with Crippen LogP contribution in [0, 0.1) is 0 Å². The molecule has 5 nitrogen and oxygen atoms in total. The van der Waals surface area contributed by atoms with E-state index in [1.54, 1.807) is 31.3 Å². The summed E-state index contributed by atoms with van der Waals surface area (Å²) < 4.78 is 0. The van der Waals surface area contributed by atoms with E-state index in [4.69, 9.17) is 0 Å². The lowest BCUT2D eigenvalue weighted by Crippen LogP contribution is -2.31. The number of nitrogens with zero attached hydrogens (tertiary/aromatic N) is 1. The standard InChI is InChI=1S/C16H23N3O2.ClH/c1-17-12-15(20)18-14-8-6-13(7-9-14)16(21)19-10-4-2-3-5-11-19;/h6-9,17H,2-5,10-12H2,1H3,(H,18,20);1H. The number of carbonyl (C=O) groups is 2. The highest BCUT2D eigenvalue weighted by molar-refractivity contribution is 5.96. The molecule has 0 saturated carbocycles. The van der Waals surface area contributed by atoms with E-state index in [0.29, 0.717) is 11.3 Å². The number of likely N-dealkylation sites (N-methyl/N-ethyl adjacent to an activating group) is 1. The predicted octanol–water partition coefficient (Wildman–Crippen LogP) is 2.28. The highest BCUT2D eigenvalue weighted by Crippen LogP contribution is 2.15. The molecule has 2 amide bonds. The second-order valence-corrected chi connectivity index (χ2v) is 5.36. The lowest BCUT2D eigenvalue weighted by atomic mass is 10.1. The minimum absolute atomic E-state index is 0. The van der Waals surface area contributed by atoms with Crippen LogP contribution in [0.15, 0.2) is 24.3 Å². The van der Waals surface area contributed by atoms with Crippen molar-refractivity contribution in [3.05, 3.63) is 29.8 Å². The van der Waals surface area contributed by atoms with Gasteiger partial charge in [-0.2, -0.15) is 0 Å². The SMILES string of the molecule is CNCC(=O)Nc1ccc(C(=O)N2CCCCCC2)cc1.Cl. The fraction of sp³-hybridized carbons (Fsp3) is 0.500. The molecule has 1 fully saturated rings. The molecule has 1 aromatic rings. The summed E-state index contributed by atoms with van der Waals surface area (Å²) in [5, 5.41) is 5.57. The van der Waals surface area contributed by atoms with Gasteiger partial charge in [-0.05, 0) is 44.2 Å². The highest BCUT2D eigenvalue weighted by atomic mass is 35.5. The molecule has 22 heavy (non-hydrogen) atoms. The zero-order valence-corrected chi connectivity index (χ0v) is 13.7. The normalized spacial score (nSPS) is 14.7. The average Bonchev–Trinajstić information content (AvgIpc) is 2.76. The smallest absolute Gasteiger partial charge is 0.253 e. The number of carbonyl (C=O) groups excluding carboxylic acids is 2. The topological polar surface area (TPSA) is 61.4 Å². The molecule has 6 heteroatoms. The number of benzene rings is 1. The summed E-state index contributed by atoms with van der Waals surface area (Å²) >= 11 is 0. The second kappa shape index (κ2) is 9.43. The van der Waals surface area contributed by atoms with Gasteiger partial charge in [-0.25, -0.2) is 0 Å². The quantitative estimate of drug-likeness (QED) is 0.893. The Morgan fingerprint density at radius 1 is 1.05 bits per heavy atom. The van der Waals surface area contributed by atoms with E-state index in [0.717, 1.165) is 25.9 Å². The predicted molar refractivity (Wildman–Crippen MR) is 90.6 cm³/mol. The summed E-state index contributed by atoms with van der Waals surface area (Å²) in [6, 6.07) is 7.11. The number of nitrogens with one attached hydrogen (secondary N) is 2. The van der Waals surface area contributed by atoms with Gasteiger partial charge in [0.25, 0.3) is 5.91 Å². The van der Waals surface area contributed by atoms with Crippen molar-refractivity contribution in [2.24, 2.45) is 0 Å². The second-order valence-electron chi connectivity index (χ2n) is 5.36. The molecular weight excluding hydrogens is 302 g/mol. The largest absolute Gasteiger partial charge is 0.339 e. The van der Waals surface area contributed by atoms with Crippen molar-refractivity contribution < 1.29 is 9.59 Å². The number of rotatable bonds is 4. The summed E-state index contributed by atoms with van der Waals surface area (Å²) in [6.45, 7) is 1.97. The summed E-state index contributed by atoms with van der Waals surface area (Å²) in [5.41, 5.74) is 1.39. The van der Waals surface area contributed by atoms with Crippen LogP contribution >= 0.6 is 12.4 Å². The number of amides is 2. The Bertz CT molecular complexity index is 483. The molecule has 0 bridgehead atoms. The molecule has 1 aliphatic heterocycles. The molecule has 122 valence electrons. The maximum atomic E-state index is 12.4. The van der Waals surface area contributed by atoms with Crippen LogP contribution in [-0.4, -0.2) is 43.4 Å². The maximum Gasteiger partial charge on any atom is 0.253 e. The fourth-order valence-corrected chi connectivity index (χ4v) is 2.52. The number of hydrogen-bond acceptors (Lipinski definition) is 3. The van der Waals surface area contributed by atoms with Gasteiger partial charge < -0.3 is 15.5 Å². The first-order valence-electron chi connectivity index (χ1n) is 7.54. The number of halogens is 1. The Balaban J connectivity index is 0.00000242. The van der Waals surface area contributed by atoms with E-state index in [2.05, 4.69) is 10.6 Å². The Morgan fingerprint density at radius 3 is 2.18 bits per heavy atom. The first-order valence-corrected chi connectivity index (χ1v) is 7.54. The van der Waals surface area contributed by atoms with Crippen LogP contribution in [0.1, 0.15) is 36.0 Å². The third-order valence-corrected chi connectivity index (χ3v) is 3.65. The molecule has 0 radical (unpaired) electrons. The molecule has 0 aromatic heterocycles. The van der Waals surface area contributed by atoms with Gasteiger partial charge in [0.1, 0.15) is 0 Å². The van der Waals surface area contributed by atoms with E-state index in [-0.39, 0.29) is 30.8 Å². The zero-order valence-electron chi connectivity index (χ0n) is 12.9. The fourth-order valence-electron chi connectivity index (χ4n) is 2.52. The third-order valence-electron chi connectivity index (χ3n) is 3.65. The Hall–Kier alpha value is -1.59. The van der Waals surface area contributed by atoms with Gasteiger partial charge in [0.2, 0.25) is 5.91 Å². The molecule has 1 saturated heterocycles. The van der Waals surface area contributed by atoms with Gasteiger partial charge in [-0.1, -0.05) is 12.8 Å². The van der Waals surface area contributed by atoms with E-state index in [9.17, 15) is 9.59 Å². The van der Waals surface area contributed by atoms with Gasteiger partial charge >= 0.3 is 0 Å². The first-order chi connectivity index (χ1) is 10.2. The molecule has 1 aliphatic rings. The van der Waals surface area contributed by atoms with Crippen molar-refractivity contribution in [2.75, 3.05) is 32.0 Å². The summed E-state index contributed by atoms with van der Waals surface area (Å²) in [5.74, 6) is -0.00547. The summed E-state index contributed by atoms with van der Waals surface area (Å²) in [4.78, 5) is 25.8. The van der Waals surface area contributed by atoms with Crippen LogP contribution in [0.5, 0.6) is 0 Å². The molecule has 0 spiro atoms. The lowest BCUT2D eigenvalue weighted by Gasteiger charge is -2.20. The maximum absolute atomic E-state index is 12.4. The first kappa shape index (κ1) is 18.5. The van der Waals surface area contributed by atoms with Crippen molar-refractivity contribution in [1.29, 1.82) is 0 Å². The molecule has 0 aliphatic carbocycles. The van der Waals surface area contributed by atoms with Gasteiger partial charge in [-0.15, -0.1) is 12.4 Å². The number of likely N-dealkylation sites (tertiary alicyclic amines) is 1. The van der Waals surface area contributed by atoms with Gasteiger partial charge in [0.15, 0.2) is 0 Å². The summed E-state index contributed by atoms with van der Waals surface area (Å²) in [7, 11) is 1.72. The van der Waals surface area contributed by atoms with Crippen LogP contribution in [0.25, 0.3) is 0 Å². The Kier molecular flexibility index (Phi) is 7.91. The molecule has 2 N–H and O–H groups in total. The van der Waals surface area contributed by atoms with Crippen LogP contribution in [-0.2, 0) is 4.79 Å².